The molecule has 0 aliphatic carbocycles. The van der Waals surface area contributed by atoms with Crippen LogP contribution in [0.5, 0.6) is 0 Å². The first-order valence-corrected chi connectivity index (χ1v) is 10.9. The van der Waals surface area contributed by atoms with Gasteiger partial charge in [0, 0.05) is 24.7 Å². The third-order valence-electron chi connectivity index (χ3n) is 6.22. The zero-order valence-corrected chi connectivity index (χ0v) is 18.6. The number of carbonyl (C=O) groups is 2. The summed E-state index contributed by atoms with van der Waals surface area (Å²) in [6, 6.07) is 24.5. The highest BCUT2D eigenvalue weighted by Crippen LogP contribution is 2.46. The van der Waals surface area contributed by atoms with Crippen molar-refractivity contribution in [3.05, 3.63) is 108 Å². The lowest BCUT2D eigenvalue weighted by atomic mass is 9.70. The van der Waals surface area contributed by atoms with Crippen LogP contribution in [0.2, 0.25) is 0 Å². The molecule has 1 fully saturated rings. The van der Waals surface area contributed by atoms with Crippen molar-refractivity contribution < 1.29 is 34.4 Å². The summed E-state index contributed by atoms with van der Waals surface area (Å²) in [5.41, 5.74) is -4.88. The summed E-state index contributed by atoms with van der Waals surface area (Å²) in [4.78, 5) is 27.4. The van der Waals surface area contributed by atoms with Crippen molar-refractivity contribution in [3.8, 4) is 0 Å². The Morgan fingerprint density at radius 3 is 1.74 bits per heavy atom. The summed E-state index contributed by atoms with van der Waals surface area (Å²) in [5.74, 6) is -1.92. The lowest BCUT2D eigenvalue weighted by Crippen LogP contribution is -2.69. The van der Waals surface area contributed by atoms with Crippen LogP contribution in [0.3, 0.4) is 0 Å². The minimum absolute atomic E-state index is 0.00191. The summed E-state index contributed by atoms with van der Waals surface area (Å²) in [7, 11) is 1.19. The highest BCUT2D eigenvalue weighted by atomic mass is 16.7. The second-order valence-corrected chi connectivity index (χ2v) is 8.30. The van der Waals surface area contributed by atoms with Crippen molar-refractivity contribution in [2.45, 2.75) is 36.1 Å². The third kappa shape index (κ3) is 3.87. The van der Waals surface area contributed by atoms with Crippen LogP contribution in [-0.2, 0) is 15.9 Å². The van der Waals surface area contributed by atoms with E-state index in [0.29, 0.717) is 5.56 Å². The molecular weight excluding hydrogens is 436 g/mol. The summed E-state index contributed by atoms with van der Waals surface area (Å²) in [6.45, 7) is 0. The summed E-state index contributed by atoms with van der Waals surface area (Å²) < 4.78 is 11.0. The summed E-state index contributed by atoms with van der Waals surface area (Å²) in [5, 5.41) is 34.9. The number of carbonyl (C=O) groups excluding carboxylic acids is 2. The van der Waals surface area contributed by atoms with E-state index < -0.39 is 41.3 Å². The van der Waals surface area contributed by atoms with E-state index in [0.717, 1.165) is 0 Å². The smallest absolute Gasteiger partial charge is 0.217 e. The normalized spacial score (nSPS) is 27.3. The fourth-order valence-electron chi connectivity index (χ4n) is 4.49. The van der Waals surface area contributed by atoms with Gasteiger partial charge >= 0.3 is 0 Å². The van der Waals surface area contributed by atoms with Crippen LogP contribution in [-0.4, -0.2) is 63.7 Å². The van der Waals surface area contributed by atoms with Crippen molar-refractivity contribution in [2.75, 3.05) is 7.11 Å². The van der Waals surface area contributed by atoms with Crippen LogP contribution in [0.1, 0.15) is 26.3 Å². The van der Waals surface area contributed by atoms with Gasteiger partial charge < -0.3 is 24.8 Å². The minimum atomic E-state index is -2.85. The van der Waals surface area contributed by atoms with Gasteiger partial charge in [0.25, 0.3) is 0 Å². The van der Waals surface area contributed by atoms with Gasteiger partial charge in [-0.25, -0.2) is 0 Å². The molecule has 7 heteroatoms. The third-order valence-corrected chi connectivity index (χ3v) is 6.22. The van der Waals surface area contributed by atoms with Gasteiger partial charge in [-0.15, -0.1) is 0 Å². The van der Waals surface area contributed by atoms with Crippen LogP contribution in [0.25, 0.3) is 0 Å². The van der Waals surface area contributed by atoms with E-state index in [1.165, 1.54) is 31.4 Å². The largest absolute Gasteiger partial charge is 0.390 e. The molecule has 0 spiro atoms. The molecule has 3 aromatic carbocycles. The van der Waals surface area contributed by atoms with Crippen molar-refractivity contribution in [3.63, 3.8) is 0 Å². The molecule has 1 saturated heterocycles. The molecule has 3 N–H and O–H groups in total. The Labute approximate surface area is 197 Å². The van der Waals surface area contributed by atoms with E-state index in [2.05, 4.69) is 0 Å². The molecule has 1 aliphatic heterocycles. The Balaban J connectivity index is 1.84. The standard InChI is InChI=1S/C27H26O7/c1-33-25-27(32,23(30)20-15-9-4-10-16-20)26(31,22(29)19-13-7-3-8-14-19)24(34-25)21(28)17-18-11-5-2-6-12-18/h2-16,21,24-25,28,31-32H,17H2,1H3/t21?,24-,25+,26-,27+/m1/s1. The van der Waals surface area contributed by atoms with Gasteiger partial charge in [-0.2, -0.15) is 0 Å². The zero-order valence-electron chi connectivity index (χ0n) is 18.6. The van der Waals surface area contributed by atoms with Crippen molar-refractivity contribution in [1.29, 1.82) is 0 Å². The van der Waals surface area contributed by atoms with E-state index in [9.17, 15) is 24.9 Å². The van der Waals surface area contributed by atoms with E-state index in [4.69, 9.17) is 9.47 Å². The zero-order chi connectivity index (χ0) is 24.3. The molecule has 1 heterocycles. The second-order valence-electron chi connectivity index (χ2n) is 8.30. The van der Waals surface area contributed by atoms with Crippen LogP contribution in [0.15, 0.2) is 91.0 Å². The quantitative estimate of drug-likeness (QED) is 0.440. The molecule has 7 nitrogen and oxygen atoms in total. The van der Waals surface area contributed by atoms with Gasteiger partial charge in [0.1, 0.15) is 6.10 Å². The Hall–Kier alpha value is -3.20. The van der Waals surface area contributed by atoms with Gasteiger partial charge in [0.2, 0.25) is 17.2 Å². The molecule has 3 aromatic rings. The fourth-order valence-corrected chi connectivity index (χ4v) is 4.49. The number of ketones is 2. The van der Waals surface area contributed by atoms with Crippen LogP contribution in [0.4, 0.5) is 0 Å². The maximum absolute atomic E-state index is 13.7. The van der Waals surface area contributed by atoms with Gasteiger partial charge in [-0.3, -0.25) is 9.59 Å². The first-order chi connectivity index (χ1) is 16.3. The average molecular weight is 462 g/mol. The predicted molar refractivity (Wildman–Crippen MR) is 123 cm³/mol. The molecule has 0 saturated carbocycles. The first kappa shape index (κ1) is 23.9. The van der Waals surface area contributed by atoms with Crippen molar-refractivity contribution >= 4 is 11.6 Å². The second kappa shape index (κ2) is 9.58. The molecule has 4 rings (SSSR count). The highest BCUT2D eigenvalue weighted by molar-refractivity contribution is 6.13. The van der Waals surface area contributed by atoms with Crippen LogP contribution in [0, 0.1) is 0 Å². The van der Waals surface area contributed by atoms with Crippen LogP contribution >= 0.6 is 0 Å². The number of benzene rings is 3. The molecule has 34 heavy (non-hydrogen) atoms. The molecule has 0 radical (unpaired) electrons. The maximum atomic E-state index is 13.7. The molecular formula is C27H26O7. The Bertz CT molecular complexity index is 1140. The molecule has 1 unspecified atom stereocenters. The topological polar surface area (TPSA) is 113 Å². The maximum Gasteiger partial charge on any atom is 0.217 e. The molecule has 1 aliphatic rings. The average Bonchev–Trinajstić information content (AvgIpc) is 3.13. The Kier molecular flexibility index (Phi) is 6.74. The molecule has 0 aromatic heterocycles. The van der Waals surface area contributed by atoms with Gasteiger partial charge in [0.05, 0.1) is 6.10 Å². The lowest BCUT2D eigenvalue weighted by molar-refractivity contribution is -0.182. The SMILES string of the molecule is CO[C@H]1O[C@H](C(O)Cc2ccccc2)[C@](O)(C(=O)c2ccccc2)[C@]1(O)C(=O)c1ccccc1. The Morgan fingerprint density at radius 2 is 1.26 bits per heavy atom. The van der Waals surface area contributed by atoms with Crippen molar-refractivity contribution in [1.82, 2.24) is 0 Å². The van der Waals surface area contributed by atoms with Gasteiger partial charge in [-0.1, -0.05) is 91.0 Å². The van der Waals surface area contributed by atoms with Gasteiger partial charge in [0.15, 0.2) is 11.9 Å². The molecule has 0 amide bonds. The summed E-state index contributed by atoms with van der Waals surface area (Å²) in [6.07, 6.45) is -4.83. The van der Waals surface area contributed by atoms with E-state index in [1.54, 1.807) is 60.7 Å². The highest BCUT2D eigenvalue weighted by Gasteiger charge is 2.74. The van der Waals surface area contributed by atoms with Gasteiger partial charge in [-0.05, 0) is 5.56 Å². The number of methoxy groups -OCH3 is 1. The fraction of sp³-hybridized carbons (Fsp3) is 0.259. The van der Waals surface area contributed by atoms with E-state index >= 15 is 0 Å². The Morgan fingerprint density at radius 1 is 0.824 bits per heavy atom. The number of Topliss-reactive ketones (excluding diaryl/α,β-unsaturated/α-hetero) is 2. The number of hydrogen-bond donors (Lipinski definition) is 3. The van der Waals surface area contributed by atoms with Crippen molar-refractivity contribution in [2.24, 2.45) is 0 Å². The number of aliphatic hydroxyl groups excluding tert-OH is 1. The van der Waals surface area contributed by atoms with Crippen LogP contribution < -0.4 is 0 Å². The van der Waals surface area contributed by atoms with E-state index in [1.807, 2.05) is 6.07 Å². The molecule has 0 bridgehead atoms. The number of aliphatic hydroxyl groups is 3. The summed E-state index contributed by atoms with van der Waals surface area (Å²) >= 11 is 0. The lowest BCUT2D eigenvalue weighted by Gasteiger charge is -2.39. The number of ether oxygens (including phenoxy) is 2. The molecule has 176 valence electrons. The predicted octanol–water partition coefficient (Wildman–Crippen LogP) is 2.19. The van der Waals surface area contributed by atoms with E-state index in [-0.39, 0.29) is 17.5 Å². The number of hydrogen-bond acceptors (Lipinski definition) is 7. The monoisotopic (exact) mass is 462 g/mol. The molecule has 5 atom stereocenters. The number of rotatable bonds is 8. The first-order valence-electron chi connectivity index (χ1n) is 10.9. The minimum Gasteiger partial charge on any atom is -0.390 e.